The Balaban J connectivity index is 1.44. The average Bonchev–Trinajstić information content (AvgIpc) is 3.05. The number of rotatable bonds is 2. The van der Waals surface area contributed by atoms with Crippen LogP contribution in [0.3, 0.4) is 0 Å². The Morgan fingerprint density at radius 2 is 1.88 bits per heavy atom. The Morgan fingerprint density at radius 3 is 2.67 bits per heavy atom. The maximum absolute atomic E-state index is 12.7. The molecule has 1 aliphatic heterocycles. The van der Waals surface area contributed by atoms with E-state index in [4.69, 9.17) is 5.73 Å². The summed E-state index contributed by atoms with van der Waals surface area (Å²) in [5.74, 6) is 1.62. The van der Waals surface area contributed by atoms with Crippen LogP contribution in [0, 0.1) is 11.8 Å². The van der Waals surface area contributed by atoms with E-state index < -0.39 is 0 Å². The summed E-state index contributed by atoms with van der Waals surface area (Å²) in [4.78, 5) is 26.9. The highest BCUT2D eigenvalue weighted by molar-refractivity contribution is 5.93. The lowest BCUT2D eigenvalue weighted by Crippen LogP contribution is -2.34. The van der Waals surface area contributed by atoms with Crippen LogP contribution in [0.15, 0.2) is 42.5 Å². The van der Waals surface area contributed by atoms with Crippen LogP contribution in [0.4, 0.5) is 0 Å². The summed E-state index contributed by atoms with van der Waals surface area (Å²) in [5, 5.41) is 0. The summed E-state index contributed by atoms with van der Waals surface area (Å²) in [5.41, 5.74) is 8.93. The summed E-state index contributed by atoms with van der Waals surface area (Å²) in [6.07, 6.45) is 0. The zero-order chi connectivity index (χ0) is 16.3. The molecule has 6 nitrogen and oxygen atoms in total. The van der Waals surface area contributed by atoms with Crippen molar-refractivity contribution in [1.82, 2.24) is 19.9 Å². The number of piperidine rings is 1. The first kappa shape index (κ1) is 13.7. The Morgan fingerprint density at radius 1 is 1.08 bits per heavy atom. The largest absolute Gasteiger partial charge is 0.337 e. The van der Waals surface area contributed by atoms with Gasteiger partial charge in [0.25, 0.3) is 5.91 Å². The quantitative estimate of drug-likeness (QED) is 0.752. The molecule has 6 heteroatoms. The second-order valence-electron chi connectivity index (χ2n) is 6.63. The van der Waals surface area contributed by atoms with Crippen molar-refractivity contribution in [2.24, 2.45) is 17.6 Å². The second kappa shape index (κ2) is 4.88. The number of aromatic amines is 1. The van der Waals surface area contributed by atoms with E-state index in [-0.39, 0.29) is 11.9 Å². The summed E-state index contributed by atoms with van der Waals surface area (Å²) in [7, 11) is 0. The fourth-order valence-corrected chi connectivity index (χ4v) is 3.66. The highest BCUT2D eigenvalue weighted by Gasteiger charge is 2.54. The Bertz CT molecular complexity index is 904. The number of carbonyl (C=O) groups is 1. The summed E-state index contributed by atoms with van der Waals surface area (Å²) < 4.78 is 0. The molecule has 5 rings (SSSR count). The van der Waals surface area contributed by atoms with E-state index in [1.807, 2.05) is 41.3 Å². The average molecular weight is 319 g/mol. The molecule has 24 heavy (non-hydrogen) atoms. The lowest BCUT2D eigenvalue weighted by Gasteiger charge is -2.18. The molecule has 2 atom stereocenters. The van der Waals surface area contributed by atoms with Crippen LogP contribution in [-0.2, 0) is 0 Å². The van der Waals surface area contributed by atoms with Crippen LogP contribution in [0.5, 0.6) is 0 Å². The zero-order valence-electron chi connectivity index (χ0n) is 13.0. The molecular weight excluding hydrogens is 302 g/mol. The molecule has 1 aromatic carbocycles. The Labute approximate surface area is 138 Å². The van der Waals surface area contributed by atoms with Crippen molar-refractivity contribution in [3.05, 3.63) is 48.2 Å². The Kier molecular flexibility index (Phi) is 2.78. The maximum Gasteiger partial charge on any atom is 0.272 e. The number of hydrogen-bond acceptors (Lipinski definition) is 4. The van der Waals surface area contributed by atoms with E-state index >= 15 is 0 Å². The van der Waals surface area contributed by atoms with Crippen molar-refractivity contribution in [1.29, 1.82) is 0 Å². The van der Waals surface area contributed by atoms with Crippen molar-refractivity contribution in [2.45, 2.75) is 6.04 Å². The van der Waals surface area contributed by atoms with E-state index in [1.54, 1.807) is 6.07 Å². The molecule has 1 aliphatic carbocycles. The molecule has 2 aliphatic rings. The third kappa shape index (κ3) is 2.03. The molecule has 2 unspecified atom stereocenters. The number of H-pyrrole nitrogens is 1. The minimum absolute atomic E-state index is 0.0210. The van der Waals surface area contributed by atoms with E-state index in [0.29, 0.717) is 29.0 Å². The molecule has 1 saturated heterocycles. The molecule has 3 heterocycles. The van der Waals surface area contributed by atoms with Crippen molar-refractivity contribution >= 4 is 16.9 Å². The van der Waals surface area contributed by atoms with Gasteiger partial charge in [0.05, 0.1) is 11.0 Å². The van der Waals surface area contributed by atoms with Gasteiger partial charge < -0.3 is 15.6 Å². The number of hydrogen-bond donors (Lipinski definition) is 2. The first-order chi connectivity index (χ1) is 11.7. The van der Waals surface area contributed by atoms with Gasteiger partial charge in [0, 0.05) is 19.1 Å². The number of amides is 1. The van der Waals surface area contributed by atoms with Crippen molar-refractivity contribution in [3.63, 3.8) is 0 Å². The zero-order valence-corrected chi connectivity index (χ0v) is 13.0. The van der Waals surface area contributed by atoms with Gasteiger partial charge in [-0.05, 0) is 36.1 Å². The summed E-state index contributed by atoms with van der Waals surface area (Å²) in [6.45, 7) is 1.50. The molecular formula is C18H17N5O. The minimum atomic E-state index is -0.0210. The van der Waals surface area contributed by atoms with Crippen LogP contribution in [0.25, 0.3) is 22.6 Å². The second-order valence-corrected chi connectivity index (χ2v) is 6.63. The van der Waals surface area contributed by atoms with E-state index in [0.717, 1.165) is 24.1 Å². The Hall–Kier alpha value is -2.73. The molecule has 2 aromatic heterocycles. The number of nitrogens with one attached hydrogen (secondary N) is 1. The monoisotopic (exact) mass is 319 g/mol. The standard InChI is InChI=1S/C18H17N5O/c19-16-10-8-23(9-11(10)16)18(24)15-7-3-6-14(20-15)17-21-12-4-1-2-5-13(12)22-17/h1-7,10-11,16H,8-9,19H2,(H,21,22). The van der Waals surface area contributed by atoms with Crippen molar-refractivity contribution < 1.29 is 4.79 Å². The predicted octanol–water partition coefficient (Wildman–Crippen LogP) is 1.65. The van der Waals surface area contributed by atoms with Gasteiger partial charge >= 0.3 is 0 Å². The van der Waals surface area contributed by atoms with Gasteiger partial charge in [0.1, 0.15) is 11.4 Å². The summed E-state index contributed by atoms with van der Waals surface area (Å²) >= 11 is 0. The highest BCUT2D eigenvalue weighted by atomic mass is 16.2. The minimum Gasteiger partial charge on any atom is -0.337 e. The fourth-order valence-electron chi connectivity index (χ4n) is 3.66. The summed E-state index contributed by atoms with van der Waals surface area (Å²) in [6, 6.07) is 13.6. The number of imidazole rings is 1. The van der Waals surface area contributed by atoms with Crippen LogP contribution in [-0.4, -0.2) is 44.9 Å². The van der Waals surface area contributed by atoms with Crippen molar-refractivity contribution in [3.8, 4) is 11.5 Å². The normalized spacial score (nSPS) is 25.0. The van der Waals surface area contributed by atoms with Gasteiger partial charge in [0.15, 0.2) is 5.82 Å². The maximum atomic E-state index is 12.7. The lowest BCUT2D eigenvalue weighted by atomic mass is 10.2. The topological polar surface area (TPSA) is 87.9 Å². The van der Waals surface area contributed by atoms with E-state index in [9.17, 15) is 4.79 Å². The number of pyridine rings is 1. The van der Waals surface area contributed by atoms with Gasteiger partial charge in [-0.1, -0.05) is 18.2 Å². The third-order valence-corrected chi connectivity index (χ3v) is 5.15. The van der Waals surface area contributed by atoms with Gasteiger partial charge in [-0.2, -0.15) is 0 Å². The van der Waals surface area contributed by atoms with E-state index in [1.165, 1.54) is 0 Å². The SMILES string of the molecule is NC1C2CN(C(=O)c3cccc(-c4nc5ccccc5[nH]4)n3)CC12. The first-order valence-corrected chi connectivity index (χ1v) is 8.18. The number of likely N-dealkylation sites (tertiary alicyclic amines) is 1. The van der Waals surface area contributed by atoms with Gasteiger partial charge in [-0.15, -0.1) is 0 Å². The molecule has 3 N–H and O–H groups in total. The highest BCUT2D eigenvalue weighted by Crippen LogP contribution is 2.44. The number of benzene rings is 1. The molecule has 1 saturated carbocycles. The lowest BCUT2D eigenvalue weighted by molar-refractivity contribution is 0.0767. The molecule has 0 radical (unpaired) electrons. The molecule has 3 aromatic rings. The van der Waals surface area contributed by atoms with Crippen molar-refractivity contribution in [2.75, 3.05) is 13.1 Å². The number of aromatic nitrogens is 3. The van der Waals surface area contributed by atoms with E-state index in [2.05, 4.69) is 15.0 Å². The number of para-hydroxylation sites is 2. The molecule has 0 spiro atoms. The molecule has 2 fully saturated rings. The van der Waals surface area contributed by atoms with Crippen LogP contribution in [0.1, 0.15) is 10.5 Å². The van der Waals surface area contributed by atoms with Gasteiger partial charge in [-0.3, -0.25) is 4.79 Å². The van der Waals surface area contributed by atoms with Gasteiger partial charge in [0.2, 0.25) is 0 Å². The number of nitrogens with zero attached hydrogens (tertiary/aromatic N) is 3. The number of carbonyl (C=O) groups excluding carboxylic acids is 1. The van der Waals surface area contributed by atoms with Crippen LogP contribution >= 0.6 is 0 Å². The number of nitrogens with two attached hydrogens (primary N) is 1. The molecule has 120 valence electrons. The van der Waals surface area contributed by atoms with Gasteiger partial charge in [-0.25, -0.2) is 9.97 Å². The third-order valence-electron chi connectivity index (χ3n) is 5.15. The fraction of sp³-hybridized carbons (Fsp3) is 0.278. The first-order valence-electron chi connectivity index (χ1n) is 8.18. The van der Waals surface area contributed by atoms with Crippen LogP contribution < -0.4 is 5.73 Å². The molecule has 1 amide bonds. The number of fused-ring (bicyclic) bond motifs is 2. The smallest absolute Gasteiger partial charge is 0.272 e. The molecule has 0 bridgehead atoms. The predicted molar refractivity (Wildman–Crippen MR) is 90.2 cm³/mol. The van der Waals surface area contributed by atoms with Crippen LogP contribution in [0.2, 0.25) is 0 Å².